The number of carboxylic acids is 1. The molecule has 2 unspecified atom stereocenters. The van der Waals surface area contributed by atoms with Crippen LogP contribution in [-0.4, -0.2) is 65.7 Å². The standard InChI is InChI=1S/C15H27N3O3/c1-12(17-6-3-2-4-7-17)10-16-15(21)18-8-5-13(11-18)9-14(19)20/h12-13H,2-11H2,1H3,(H,16,21)(H,19,20). The van der Waals surface area contributed by atoms with Gasteiger partial charge in [0.15, 0.2) is 0 Å². The van der Waals surface area contributed by atoms with Gasteiger partial charge < -0.3 is 15.3 Å². The van der Waals surface area contributed by atoms with Crippen LogP contribution in [0.15, 0.2) is 0 Å². The van der Waals surface area contributed by atoms with E-state index >= 15 is 0 Å². The zero-order chi connectivity index (χ0) is 15.2. The summed E-state index contributed by atoms with van der Waals surface area (Å²) >= 11 is 0. The summed E-state index contributed by atoms with van der Waals surface area (Å²) in [6.07, 6.45) is 4.77. The van der Waals surface area contributed by atoms with Crippen LogP contribution in [0.5, 0.6) is 0 Å². The van der Waals surface area contributed by atoms with E-state index in [1.165, 1.54) is 19.3 Å². The third-order valence-corrected chi connectivity index (χ3v) is 4.60. The van der Waals surface area contributed by atoms with E-state index in [4.69, 9.17) is 5.11 Å². The van der Waals surface area contributed by atoms with E-state index in [-0.39, 0.29) is 18.4 Å². The quantitative estimate of drug-likeness (QED) is 0.804. The molecular formula is C15H27N3O3. The van der Waals surface area contributed by atoms with Gasteiger partial charge in [-0.1, -0.05) is 6.42 Å². The Bertz CT molecular complexity index is 369. The number of likely N-dealkylation sites (tertiary alicyclic amines) is 2. The molecule has 0 bridgehead atoms. The molecule has 0 aliphatic carbocycles. The lowest BCUT2D eigenvalue weighted by Gasteiger charge is -2.32. The second-order valence-corrected chi connectivity index (χ2v) is 6.33. The summed E-state index contributed by atoms with van der Waals surface area (Å²) in [5.41, 5.74) is 0. The Morgan fingerprint density at radius 3 is 2.62 bits per heavy atom. The molecule has 6 nitrogen and oxygen atoms in total. The summed E-state index contributed by atoms with van der Waals surface area (Å²) in [5, 5.41) is 11.8. The van der Waals surface area contributed by atoms with Crippen LogP contribution in [0.4, 0.5) is 4.79 Å². The van der Waals surface area contributed by atoms with Crippen molar-refractivity contribution >= 4 is 12.0 Å². The van der Waals surface area contributed by atoms with E-state index in [0.717, 1.165) is 19.5 Å². The molecule has 120 valence electrons. The monoisotopic (exact) mass is 297 g/mol. The SMILES string of the molecule is CC(CNC(=O)N1CCC(CC(=O)O)C1)N1CCCCC1. The van der Waals surface area contributed by atoms with Crippen LogP contribution < -0.4 is 5.32 Å². The largest absolute Gasteiger partial charge is 0.481 e. The van der Waals surface area contributed by atoms with Crippen molar-refractivity contribution in [2.75, 3.05) is 32.7 Å². The highest BCUT2D eigenvalue weighted by Gasteiger charge is 2.28. The fraction of sp³-hybridized carbons (Fsp3) is 0.867. The summed E-state index contributed by atoms with van der Waals surface area (Å²) in [5.74, 6) is -0.672. The van der Waals surface area contributed by atoms with Crippen LogP contribution in [0, 0.1) is 5.92 Å². The molecule has 21 heavy (non-hydrogen) atoms. The Hall–Kier alpha value is -1.30. The zero-order valence-electron chi connectivity index (χ0n) is 12.9. The molecule has 6 heteroatoms. The lowest BCUT2D eigenvalue weighted by molar-refractivity contribution is -0.138. The Labute approximate surface area is 126 Å². The summed E-state index contributed by atoms with van der Waals surface area (Å²) in [7, 11) is 0. The first kappa shape index (κ1) is 16.1. The van der Waals surface area contributed by atoms with Gasteiger partial charge in [0.2, 0.25) is 0 Å². The number of nitrogens with one attached hydrogen (secondary N) is 1. The van der Waals surface area contributed by atoms with Crippen LogP contribution in [0.25, 0.3) is 0 Å². The van der Waals surface area contributed by atoms with E-state index < -0.39 is 5.97 Å². The molecule has 2 aliphatic heterocycles. The number of nitrogens with zero attached hydrogens (tertiary/aromatic N) is 2. The Morgan fingerprint density at radius 1 is 1.24 bits per heavy atom. The first-order valence-corrected chi connectivity index (χ1v) is 8.05. The van der Waals surface area contributed by atoms with Gasteiger partial charge in [-0.15, -0.1) is 0 Å². The van der Waals surface area contributed by atoms with Crippen molar-refractivity contribution in [3.8, 4) is 0 Å². The number of hydrogen-bond donors (Lipinski definition) is 2. The average molecular weight is 297 g/mol. The van der Waals surface area contributed by atoms with Gasteiger partial charge in [-0.25, -0.2) is 4.79 Å². The second kappa shape index (κ2) is 7.64. The molecular weight excluding hydrogens is 270 g/mol. The maximum atomic E-state index is 12.1. The summed E-state index contributed by atoms with van der Waals surface area (Å²) in [6, 6.07) is 0.318. The number of carbonyl (C=O) groups excluding carboxylic acids is 1. The second-order valence-electron chi connectivity index (χ2n) is 6.33. The van der Waals surface area contributed by atoms with E-state index in [0.29, 0.717) is 25.7 Å². The van der Waals surface area contributed by atoms with E-state index in [9.17, 15) is 9.59 Å². The Kier molecular flexibility index (Phi) is 5.85. The van der Waals surface area contributed by atoms with E-state index in [2.05, 4.69) is 17.1 Å². The highest BCUT2D eigenvalue weighted by atomic mass is 16.4. The van der Waals surface area contributed by atoms with Crippen molar-refractivity contribution in [1.82, 2.24) is 15.1 Å². The van der Waals surface area contributed by atoms with Gasteiger partial charge in [-0.2, -0.15) is 0 Å². The highest BCUT2D eigenvalue weighted by Crippen LogP contribution is 2.19. The summed E-state index contributed by atoms with van der Waals surface area (Å²) in [6.45, 7) is 6.31. The maximum absolute atomic E-state index is 12.1. The number of carbonyl (C=O) groups is 2. The van der Waals surface area contributed by atoms with Crippen molar-refractivity contribution < 1.29 is 14.7 Å². The first-order valence-electron chi connectivity index (χ1n) is 8.05. The molecule has 0 radical (unpaired) electrons. The molecule has 2 aliphatic rings. The minimum atomic E-state index is -0.777. The number of hydrogen-bond acceptors (Lipinski definition) is 3. The van der Waals surface area contributed by atoms with Gasteiger partial charge in [0.25, 0.3) is 0 Å². The highest BCUT2D eigenvalue weighted by molar-refractivity contribution is 5.74. The Morgan fingerprint density at radius 2 is 1.95 bits per heavy atom. The molecule has 2 amide bonds. The van der Waals surface area contributed by atoms with Crippen molar-refractivity contribution in [3.05, 3.63) is 0 Å². The van der Waals surface area contributed by atoms with E-state index in [1.54, 1.807) is 4.90 Å². The molecule has 2 fully saturated rings. The number of carboxylic acid groups (broad SMARTS) is 1. The normalized spacial score (nSPS) is 24.8. The third-order valence-electron chi connectivity index (χ3n) is 4.60. The van der Waals surface area contributed by atoms with Gasteiger partial charge in [0, 0.05) is 32.1 Å². The lowest BCUT2D eigenvalue weighted by atomic mass is 10.1. The van der Waals surface area contributed by atoms with Crippen LogP contribution in [0.1, 0.15) is 39.0 Å². The third kappa shape index (κ3) is 4.88. The average Bonchev–Trinajstić information content (AvgIpc) is 2.93. The van der Waals surface area contributed by atoms with Gasteiger partial charge >= 0.3 is 12.0 Å². The minimum Gasteiger partial charge on any atom is -0.481 e. The van der Waals surface area contributed by atoms with Crippen molar-refractivity contribution in [3.63, 3.8) is 0 Å². The maximum Gasteiger partial charge on any atom is 0.317 e. The van der Waals surface area contributed by atoms with Gasteiger partial charge in [-0.3, -0.25) is 9.69 Å². The zero-order valence-corrected chi connectivity index (χ0v) is 12.9. The molecule has 0 aromatic heterocycles. The molecule has 0 saturated carbocycles. The molecule has 2 heterocycles. The molecule has 0 aromatic carbocycles. The van der Waals surface area contributed by atoms with Gasteiger partial charge in [0.1, 0.15) is 0 Å². The predicted octanol–water partition coefficient (Wildman–Crippen LogP) is 1.37. The van der Waals surface area contributed by atoms with Crippen LogP contribution >= 0.6 is 0 Å². The van der Waals surface area contributed by atoms with Gasteiger partial charge in [0.05, 0.1) is 0 Å². The fourth-order valence-corrected chi connectivity index (χ4v) is 3.27. The first-order chi connectivity index (χ1) is 10.1. The number of urea groups is 1. The number of aliphatic carboxylic acids is 1. The fourth-order valence-electron chi connectivity index (χ4n) is 3.27. The lowest BCUT2D eigenvalue weighted by Crippen LogP contribution is -2.47. The number of piperidine rings is 1. The topological polar surface area (TPSA) is 72.9 Å². The molecule has 2 atom stereocenters. The summed E-state index contributed by atoms with van der Waals surface area (Å²) in [4.78, 5) is 27.0. The minimum absolute atomic E-state index is 0.0493. The summed E-state index contributed by atoms with van der Waals surface area (Å²) < 4.78 is 0. The number of rotatable bonds is 5. The molecule has 0 aromatic rings. The van der Waals surface area contributed by atoms with Crippen LogP contribution in [-0.2, 0) is 4.79 Å². The molecule has 2 rings (SSSR count). The smallest absolute Gasteiger partial charge is 0.317 e. The molecule has 0 spiro atoms. The van der Waals surface area contributed by atoms with Crippen LogP contribution in [0.2, 0.25) is 0 Å². The van der Waals surface area contributed by atoms with Crippen molar-refractivity contribution in [2.45, 2.75) is 45.1 Å². The molecule has 2 saturated heterocycles. The number of amides is 2. The molecule has 2 N–H and O–H groups in total. The van der Waals surface area contributed by atoms with Gasteiger partial charge in [-0.05, 0) is 45.2 Å². The van der Waals surface area contributed by atoms with E-state index in [1.807, 2.05) is 0 Å². The van der Waals surface area contributed by atoms with Crippen molar-refractivity contribution in [2.24, 2.45) is 5.92 Å². The Balaban J connectivity index is 1.68. The van der Waals surface area contributed by atoms with Crippen LogP contribution in [0.3, 0.4) is 0 Å². The van der Waals surface area contributed by atoms with Crippen molar-refractivity contribution in [1.29, 1.82) is 0 Å². The predicted molar refractivity (Wildman–Crippen MR) is 80.2 cm³/mol.